The zero-order chi connectivity index (χ0) is 18.1. The third-order valence-electron chi connectivity index (χ3n) is 4.62. The molecule has 0 amide bonds. The summed E-state index contributed by atoms with van der Waals surface area (Å²) in [5.74, 6) is 2.17. The van der Waals surface area contributed by atoms with E-state index in [0.29, 0.717) is 5.95 Å². The number of fused-ring (bicyclic) bond motifs is 1. The number of halogens is 1. The number of nitrogens with zero attached hydrogens (tertiary/aromatic N) is 4. The molecule has 0 radical (unpaired) electrons. The first-order valence-corrected chi connectivity index (χ1v) is 9.29. The summed E-state index contributed by atoms with van der Waals surface area (Å²) in [7, 11) is 3.31. The molecule has 0 saturated carbocycles. The van der Waals surface area contributed by atoms with Gasteiger partial charge in [-0.25, -0.2) is 4.68 Å². The molecule has 7 nitrogen and oxygen atoms in total. The van der Waals surface area contributed by atoms with Crippen LogP contribution in [-0.2, 0) is 0 Å². The van der Waals surface area contributed by atoms with Crippen LogP contribution in [0.2, 0.25) is 0 Å². The molecule has 134 valence electrons. The maximum absolute atomic E-state index is 5.61. The van der Waals surface area contributed by atoms with E-state index in [1.54, 1.807) is 14.2 Å². The third kappa shape index (κ3) is 3.09. The predicted octanol–water partition coefficient (Wildman–Crippen LogP) is 3.44. The number of ether oxygens (including phenoxy) is 2. The van der Waals surface area contributed by atoms with Crippen LogP contribution < -0.4 is 14.8 Å². The van der Waals surface area contributed by atoms with Gasteiger partial charge in [-0.15, -0.1) is 0 Å². The van der Waals surface area contributed by atoms with Crippen LogP contribution in [0.3, 0.4) is 0 Å². The van der Waals surface area contributed by atoms with E-state index >= 15 is 0 Å². The van der Waals surface area contributed by atoms with Crippen LogP contribution in [0, 0.1) is 3.57 Å². The lowest BCUT2D eigenvalue weighted by Gasteiger charge is -2.31. The van der Waals surface area contributed by atoms with Gasteiger partial charge in [-0.2, -0.15) is 0 Å². The summed E-state index contributed by atoms with van der Waals surface area (Å²) in [6.45, 7) is 0. The van der Waals surface area contributed by atoms with Gasteiger partial charge in [0.2, 0.25) is 5.95 Å². The second-order valence-electron chi connectivity index (χ2n) is 6.05. The second kappa shape index (κ2) is 7.10. The predicted molar refractivity (Wildman–Crippen MR) is 106 cm³/mol. The lowest BCUT2D eigenvalue weighted by molar-refractivity contribution is 0.369. The van der Waals surface area contributed by atoms with Crippen LogP contribution in [-0.4, -0.2) is 34.4 Å². The smallest absolute Gasteiger partial charge is 0.243 e. The number of nitrogens with one attached hydrogen (secondary N) is 1. The monoisotopic (exact) mass is 463 g/mol. The van der Waals surface area contributed by atoms with E-state index in [0.717, 1.165) is 23.5 Å². The first-order chi connectivity index (χ1) is 12.7. The number of hydrogen-bond acceptors (Lipinski definition) is 6. The Labute approximate surface area is 164 Å². The lowest BCUT2D eigenvalue weighted by atomic mass is 9.93. The highest BCUT2D eigenvalue weighted by Gasteiger charge is 2.32. The molecule has 0 spiro atoms. The van der Waals surface area contributed by atoms with Crippen molar-refractivity contribution in [1.82, 2.24) is 20.2 Å². The Hall–Kier alpha value is -2.36. The van der Waals surface area contributed by atoms with Crippen LogP contribution in [0.15, 0.2) is 42.5 Å². The van der Waals surface area contributed by atoms with Gasteiger partial charge in [-0.3, -0.25) is 0 Å². The van der Waals surface area contributed by atoms with Crippen molar-refractivity contribution in [3.63, 3.8) is 0 Å². The molecule has 1 aliphatic heterocycles. The van der Waals surface area contributed by atoms with Gasteiger partial charge in [0.1, 0.15) is 11.5 Å². The molecule has 1 aliphatic rings. The fourth-order valence-electron chi connectivity index (χ4n) is 3.30. The van der Waals surface area contributed by atoms with Crippen LogP contribution in [0.4, 0.5) is 5.95 Å². The Morgan fingerprint density at radius 2 is 1.92 bits per heavy atom. The average Bonchev–Trinajstić information content (AvgIpc) is 3.16. The highest BCUT2D eigenvalue weighted by Crippen LogP contribution is 2.41. The number of aromatic nitrogens is 4. The van der Waals surface area contributed by atoms with E-state index in [9.17, 15) is 0 Å². The Morgan fingerprint density at radius 1 is 1.12 bits per heavy atom. The molecule has 2 aromatic carbocycles. The van der Waals surface area contributed by atoms with E-state index in [4.69, 9.17) is 9.47 Å². The summed E-state index contributed by atoms with van der Waals surface area (Å²) in [5, 5.41) is 15.6. The van der Waals surface area contributed by atoms with Crippen molar-refractivity contribution >= 4 is 28.5 Å². The Bertz CT molecular complexity index is 912. The third-order valence-corrected chi connectivity index (χ3v) is 5.34. The quantitative estimate of drug-likeness (QED) is 0.598. The maximum Gasteiger partial charge on any atom is 0.243 e. The first-order valence-electron chi connectivity index (χ1n) is 8.21. The highest BCUT2D eigenvalue weighted by molar-refractivity contribution is 14.1. The Balaban J connectivity index is 1.75. The van der Waals surface area contributed by atoms with Crippen molar-refractivity contribution in [3.05, 3.63) is 57.2 Å². The molecule has 1 N–H and O–H groups in total. The fourth-order valence-corrected chi connectivity index (χ4v) is 3.66. The minimum Gasteiger partial charge on any atom is -0.497 e. The summed E-state index contributed by atoms with van der Waals surface area (Å²) in [6.07, 6.45) is 0.807. The van der Waals surface area contributed by atoms with Gasteiger partial charge in [0, 0.05) is 15.2 Å². The minimum absolute atomic E-state index is 0.0358. The van der Waals surface area contributed by atoms with Crippen molar-refractivity contribution < 1.29 is 9.47 Å². The standard InChI is InChI=1S/C18H18IN5O2/c1-25-13-7-8-14(17(9-13)26-2)16-10-15(11-3-5-12(19)6-4-11)20-18-21-22-23-24(16)18/h3-9,15-16H,10H2,1-2H3,(H,20,21,23). The molecule has 2 unspecified atom stereocenters. The zero-order valence-electron chi connectivity index (χ0n) is 14.4. The molecular weight excluding hydrogens is 445 g/mol. The molecule has 2 atom stereocenters. The minimum atomic E-state index is -0.0358. The van der Waals surface area contributed by atoms with Crippen LogP contribution in [0.5, 0.6) is 11.5 Å². The van der Waals surface area contributed by atoms with Gasteiger partial charge in [-0.1, -0.05) is 17.2 Å². The molecule has 8 heteroatoms. The van der Waals surface area contributed by atoms with E-state index < -0.39 is 0 Å². The Kier molecular flexibility index (Phi) is 4.66. The topological polar surface area (TPSA) is 74.1 Å². The van der Waals surface area contributed by atoms with E-state index in [-0.39, 0.29) is 12.1 Å². The fraction of sp³-hybridized carbons (Fsp3) is 0.278. The van der Waals surface area contributed by atoms with Gasteiger partial charge in [0.25, 0.3) is 0 Å². The molecule has 0 bridgehead atoms. The summed E-state index contributed by atoms with van der Waals surface area (Å²) in [5.41, 5.74) is 2.23. The zero-order valence-corrected chi connectivity index (χ0v) is 16.5. The van der Waals surface area contributed by atoms with Crippen molar-refractivity contribution in [2.75, 3.05) is 19.5 Å². The number of hydrogen-bond donors (Lipinski definition) is 1. The van der Waals surface area contributed by atoms with Crippen LogP contribution in [0.25, 0.3) is 0 Å². The number of methoxy groups -OCH3 is 2. The largest absolute Gasteiger partial charge is 0.497 e. The number of benzene rings is 2. The van der Waals surface area contributed by atoms with E-state index in [2.05, 4.69) is 67.7 Å². The van der Waals surface area contributed by atoms with Crippen LogP contribution in [0.1, 0.15) is 29.6 Å². The summed E-state index contributed by atoms with van der Waals surface area (Å²) < 4.78 is 13.9. The molecular formula is C18H18IN5O2. The molecule has 2 heterocycles. The second-order valence-corrected chi connectivity index (χ2v) is 7.30. The van der Waals surface area contributed by atoms with Gasteiger partial charge in [-0.05, 0) is 69.3 Å². The number of rotatable bonds is 4. The number of tetrazole rings is 1. The molecule has 4 rings (SSSR count). The molecule has 1 aromatic heterocycles. The van der Waals surface area contributed by atoms with Gasteiger partial charge < -0.3 is 14.8 Å². The molecule has 0 fully saturated rings. The molecule has 3 aromatic rings. The molecule has 26 heavy (non-hydrogen) atoms. The highest BCUT2D eigenvalue weighted by atomic mass is 127. The lowest BCUT2D eigenvalue weighted by Crippen LogP contribution is -2.28. The van der Waals surface area contributed by atoms with Crippen LogP contribution >= 0.6 is 22.6 Å². The summed E-state index contributed by atoms with van der Waals surface area (Å²) in [6, 6.07) is 14.4. The SMILES string of the molecule is COc1ccc(C2CC(c3ccc(I)cc3)Nc3nnnn32)c(OC)c1. The van der Waals surface area contributed by atoms with Crippen molar-refractivity contribution in [3.8, 4) is 11.5 Å². The summed E-state index contributed by atoms with van der Waals surface area (Å²) >= 11 is 2.31. The van der Waals surface area contributed by atoms with Crippen molar-refractivity contribution in [1.29, 1.82) is 0 Å². The van der Waals surface area contributed by atoms with Gasteiger partial charge >= 0.3 is 0 Å². The van der Waals surface area contributed by atoms with Crippen molar-refractivity contribution in [2.24, 2.45) is 0 Å². The molecule has 0 aliphatic carbocycles. The first kappa shape index (κ1) is 17.1. The average molecular weight is 463 g/mol. The van der Waals surface area contributed by atoms with E-state index in [1.807, 2.05) is 22.9 Å². The van der Waals surface area contributed by atoms with Gasteiger partial charge in [0.15, 0.2) is 0 Å². The van der Waals surface area contributed by atoms with Gasteiger partial charge in [0.05, 0.1) is 26.3 Å². The maximum atomic E-state index is 5.61. The van der Waals surface area contributed by atoms with E-state index in [1.165, 1.54) is 9.13 Å². The van der Waals surface area contributed by atoms with Crippen molar-refractivity contribution in [2.45, 2.75) is 18.5 Å². The Morgan fingerprint density at radius 3 is 2.65 bits per heavy atom. The molecule has 0 saturated heterocycles. The number of anilines is 1. The summed E-state index contributed by atoms with van der Waals surface area (Å²) in [4.78, 5) is 0. The normalized spacial score (nSPS) is 18.7.